The maximum atomic E-state index is 12.9. The number of anilines is 2. The van der Waals surface area contributed by atoms with Gasteiger partial charge in [0.15, 0.2) is 0 Å². The number of carbonyl (C=O) groups is 1. The molecule has 2 aromatic carbocycles. The summed E-state index contributed by atoms with van der Waals surface area (Å²) in [5.74, 6) is 1.81. The van der Waals surface area contributed by atoms with Crippen molar-refractivity contribution < 1.29 is 14.3 Å². The molecule has 1 aromatic heterocycles. The predicted octanol–water partition coefficient (Wildman–Crippen LogP) is 3.67. The van der Waals surface area contributed by atoms with Crippen LogP contribution in [0.15, 0.2) is 59.4 Å². The summed E-state index contributed by atoms with van der Waals surface area (Å²) in [6, 6.07) is 16.5. The van der Waals surface area contributed by atoms with Gasteiger partial charge in [-0.3, -0.25) is 9.59 Å². The first kappa shape index (κ1) is 23.4. The van der Waals surface area contributed by atoms with Gasteiger partial charge in [-0.25, -0.2) is 0 Å². The van der Waals surface area contributed by atoms with E-state index in [9.17, 15) is 9.59 Å². The summed E-state index contributed by atoms with van der Waals surface area (Å²) in [5.41, 5.74) is 2.40. The average molecular weight is 463 g/mol. The Morgan fingerprint density at radius 2 is 1.76 bits per heavy atom. The summed E-state index contributed by atoms with van der Waals surface area (Å²) in [6.07, 6.45) is 2.32. The molecule has 0 unspecified atom stereocenters. The number of aryl methyl sites for hydroxylation is 1. The van der Waals surface area contributed by atoms with Crippen molar-refractivity contribution in [2.24, 2.45) is 5.92 Å². The quantitative estimate of drug-likeness (QED) is 0.577. The van der Waals surface area contributed by atoms with Crippen LogP contribution in [0.25, 0.3) is 5.69 Å². The molecule has 1 fully saturated rings. The van der Waals surface area contributed by atoms with E-state index >= 15 is 0 Å². The predicted molar refractivity (Wildman–Crippen MR) is 132 cm³/mol. The van der Waals surface area contributed by atoms with E-state index in [0.717, 1.165) is 17.9 Å². The summed E-state index contributed by atoms with van der Waals surface area (Å²) in [5, 5.41) is 7.58. The van der Waals surface area contributed by atoms with Gasteiger partial charge in [0.1, 0.15) is 17.3 Å². The second kappa shape index (κ2) is 10.4. The molecule has 1 aliphatic heterocycles. The molecule has 8 nitrogen and oxygen atoms in total. The fraction of sp³-hybridized carbons (Fsp3) is 0.346. The molecule has 1 aliphatic rings. The fourth-order valence-electron chi connectivity index (χ4n) is 4.14. The first-order valence-electron chi connectivity index (χ1n) is 11.5. The minimum atomic E-state index is -0.171. The number of ether oxygens (including phenoxy) is 2. The lowest BCUT2D eigenvalue weighted by atomic mass is 9.95. The van der Waals surface area contributed by atoms with Crippen molar-refractivity contribution in [3.05, 3.63) is 70.5 Å². The molecule has 0 bridgehead atoms. The Balaban J connectivity index is 1.42. The van der Waals surface area contributed by atoms with Crippen LogP contribution in [-0.4, -0.2) is 43.0 Å². The lowest BCUT2D eigenvalue weighted by Crippen LogP contribution is -2.39. The van der Waals surface area contributed by atoms with Gasteiger partial charge < -0.3 is 19.7 Å². The molecular weight excluding hydrogens is 432 g/mol. The minimum Gasteiger partial charge on any atom is -0.497 e. The highest BCUT2D eigenvalue weighted by atomic mass is 16.5. The molecule has 8 heteroatoms. The average Bonchev–Trinajstić information content (AvgIpc) is 2.89. The van der Waals surface area contributed by atoms with Crippen LogP contribution >= 0.6 is 0 Å². The highest BCUT2D eigenvalue weighted by Crippen LogP contribution is 2.30. The number of benzene rings is 2. The lowest BCUT2D eigenvalue weighted by Gasteiger charge is -2.32. The topological polar surface area (TPSA) is 85.7 Å². The molecule has 1 amide bonds. The molecule has 4 rings (SSSR count). The number of hydrogen-bond acceptors (Lipinski definition) is 6. The molecule has 34 heavy (non-hydrogen) atoms. The van der Waals surface area contributed by atoms with E-state index in [1.807, 2.05) is 24.3 Å². The van der Waals surface area contributed by atoms with Gasteiger partial charge in [-0.1, -0.05) is 19.1 Å². The van der Waals surface area contributed by atoms with Crippen molar-refractivity contribution in [3.63, 3.8) is 0 Å². The van der Waals surface area contributed by atoms with E-state index in [2.05, 4.69) is 22.2 Å². The normalized spacial score (nSPS) is 14.0. The van der Waals surface area contributed by atoms with Crippen molar-refractivity contribution in [1.82, 2.24) is 9.78 Å². The Hall–Kier alpha value is -3.81. The van der Waals surface area contributed by atoms with Crippen LogP contribution in [-0.2, 0) is 11.2 Å². The number of methoxy groups -OCH3 is 2. The third kappa shape index (κ3) is 5.06. The Bertz CT molecular complexity index is 1200. The summed E-state index contributed by atoms with van der Waals surface area (Å²) in [4.78, 5) is 27.4. The summed E-state index contributed by atoms with van der Waals surface area (Å²) in [6.45, 7) is 3.45. The van der Waals surface area contributed by atoms with E-state index < -0.39 is 0 Å². The summed E-state index contributed by atoms with van der Waals surface area (Å²) >= 11 is 0. The van der Waals surface area contributed by atoms with Crippen molar-refractivity contribution in [3.8, 4) is 17.2 Å². The molecule has 0 saturated carbocycles. The van der Waals surface area contributed by atoms with Gasteiger partial charge in [-0.05, 0) is 55.2 Å². The molecule has 0 radical (unpaired) electrons. The van der Waals surface area contributed by atoms with Gasteiger partial charge in [-0.15, -0.1) is 5.10 Å². The second-order valence-corrected chi connectivity index (χ2v) is 8.28. The smallest absolute Gasteiger partial charge is 0.271 e. The Morgan fingerprint density at radius 1 is 1.03 bits per heavy atom. The second-order valence-electron chi connectivity index (χ2n) is 8.28. The zero-order valence-corrected chi connectivity index (χ0v) is 19.8. The van der Waals surface area contributed by atoms with Gasteiger partial charge in [0.05, 0.1) is 25.6 Å². The number of hydrogen-bond donors (Lipinski definition) is 1. The first-order valence-corrected chi connectivity index (χ1v) is 11.5. The van der Waals surface area contributed by atoms with E-state index in [1.165, 1.54) is 10.2 Å². The molecule has 1 N–H and O–H groups in total. The lowest BCUT2D eigenvalue weighted by molar-refractivity contribution is -0.120. The Labute approximate surface area is 199 Å². The zero-order chi connectivity index (χ0) is 24.1. The van der Waals surface area contributed by atoms with E-state index in [0.29, 0.717) is 43.1 Å². The number of aromatic nitrogens is 2. The molecule has 2 heterocycles. The van der Waals surface area contributed by atoms with Crippen LogP contribution in [0.2, 0.25) is 0 Å². The molecular formula is C26H30N4O4. The van der Waals surface area contributed by atoms with Crippen molar-refractivity contribution in [1.29, 1.82) is 0 Å². The number of carbonyl (C=O) groups excluding carboxylic acids is 1. The van der Waals surface area contributed by atoms with Crippen LogP contribution < -0.4 is 25.2 Å². The van der Waals surface area contributed by atoms with Gasteiger partial charge >= 0.3 is 0 Å². The molecule has 178 valence electrons. The van der Waals surface area contributed by atoms with E-state index in [4.69, 9.17) is 9.47 Å². The molecule has 1 saturated heterocycles. The highest BCUT2D eigenvalue weighted by molar-refractivity contribution is 5.94. The van der Waals surface area contributed by atoms with E-state index in [1.54, 1.807) is 44.6 Å². The molecule has 0 atom stereocenters. The third-order valence-corrected chi connectivity index (χ3v) is 6.23. The molecule has 0 spiro atoms. The SMILES string of the molecule is CCc1ccc(-n2nc(N3CCC(C(=O)Nc4ccc(OC)cc4OC)CC3)ccc2=O)cc1. The summed E-state index contributed by atoms with van der Waals surface area (Å²) in [7, 11) is 3.15. The van der Waals surface area contributed by atoms with Crippen molar-refractivity contribution in [2.45, 2.75) is 26.2 Å². The monoisotopic (exact) mass is 462 g/mol. The largest absolute Gasteiger partial charge is 0.497 e. The summed E-state index contributed by atoms with van der Waals surface area (Å²) < 4.78 is 12.0. The van der Waals surface area contributed by atoms with Crippen LogP contribution in [0.5, 0.6) is 11.5 Å². The van der Waals surface area contributed by atoms with Gasteiger partial charge in [0, 0.05) is 31.1 Å². The zero-order valence-electron chi connectivity index (χ0n) is 19.8. The van der Waals surface area contributed by atoms with Crippen LogP contribution in [0.3, 0.4) is 0 Å². The number of amides is 1. The van der Waals surface area contributed by atoms with Gasteiger partial charge in [0.2, 0.25) is 5.91 Å². The van der Waals surface area contributed by atoms with Crippen LogP contribution in [0.1, 0.15) is 25.3 Å². The van der Waals surface area contributed by atoms with Crippen molar-refractivity contribution >= 4 is 17.4 Å². The first-order chi connectivity index (χ1) is 16.5. The van der Waals surface area contributed by atoms with Gasteiger partial charge in [-0.2, -0.15) is 4.68 Å². The maximum Gasteiger partial charge on any atom is 0.271 e. The molecule has 3 aromatic rings. The number of nitrogens with zero attached hydrogens (tertiary/aromatic N) is 3. The fourth-order valence-corrected chi connectivity index (χ4v) is 4.14. The van der Waals surface area contributed by atoms with Crippen LogP contribution in [0, 0.1) is 5.92 Å². The number of nitrogens with one attached hydrogen (secondary N) is 1. The minimum absolute atomic E-state index is 0.0305. The van der Waals surface area contributed by atoms with Gasteiger partial charge in [0.25, 0.3) is 5.56 Å². The van der Waals surface area contributed by atoms with Crippen LogP contribution in [0.4, 0.5) is 11.5 Å². The Morgan fingerprint density at radius 3 is 2.41 bits per heavy atom. The number of rotatable bonds is 7. The van der Waals surface area contributed by atoms with E-state index in [-0.39, 0.29) is 17.4 Å². The maximum absolute atomic E-state index is 12.9. The third-order valence-electron chi connectivity index (χ3n) is 6.23. The Kier molecular flexibility index (Phi) is 7.15. The van der Waals surface area contributed by atoms with Crippen molar-refractivity contribution in [2.75, 3.05) is 37.5 Å². The highest BCUT2D eigenvalue weighted by Gasteiger charge is 2.26. The standard InChI is InChI=1S/C26H30N4O4/c1-4-18-5-7-20(8-6-18)30-25(31)12-11-24(28-30)29-15-13-19(14-16-29)26(32)27-22-10-9-21(33-2)17-23(22)34-3/h5-12,17,19H,4,13-16H2,1-3H3,(H,27,32). The molecule has 0 aliphatic carbocycles. The number of piperidine rings is 1.